The lowest BCUT2D eigenvalue weighted by Gasteiger charge is -2.10. The minimum absolute atomic E-state index is 0.137. The third-order valence-corrected chi connectivity index (χ3v) is 3.15. The van der Waals surface area contributed by atoms with Gasteiger partial charge in [0.1, 0.15) is 17.1 Å². The van der Waals surface area contributed by atoms with Gasteiger partial charge in [-0.3, -0.25) is 0 Å². The third-order valence-electron chi connectivity index (χ3n) is 2.72. The topological polar surface area (TPSA) is 46.5 Å². The van der Waals surface area contributed by atoms with Crippen LogP contribution in [0.1, 0.15) is 21.5 Å². The van der Waals surface area contributed by atoms with Crippen molar-refractivity contribution in [1.82, 2.24) is 0 Å². The zero-order chi connectivity index (χ0) is 14.0. The molecule has 0 heterocycles. The minimum atomic E-state index is -1.01. The molecule has 0 radical (unpaired) electrons. The number of carboxylic acid groups (broad SMARTS) is 1. The molecule has 2 rings (SSSR count). The summed E-state index contributed by atoms with van der Waals surface area (Å²) < 4.78 is 5.65. The second-order valence-corrected chi connectivity index (χ2v) is 4.73. The van der Waals surface area contributed by atoms with E-state index in [9.17, 15) is 4.79 Å². The molecule has 0 unspecified atom stereocenters. The molecule has 0 bridgehead atoms. The smallest absolute Gasteiger partial charge is 0.339 e. The minimum Gasteiger partial charge on any atom is -0.478 e. The van der Waals surface area contributed by atoms with Crippen molar-refractivity contribution >= 4 is 17.6 Å². The van der Waals surface area contributed by atoms with Gasteiger partial charge in [-0.2, -0.15) is 0 Å². The highest BCUT2D eigenvalue weighted by molar-refractivity contribution is 6.31. The van der Waals surface area contributed by atoms with E-state index in [0.29, 0.717) is 16.5 Å². The first-order valence-electron chi connectivity index (χ1n) is 5.75. The van der Waals surface area contributed by atoms with Crippen LogP contribution in [0.5, 0.6) is 11.5 Å². The molecule has 0 saturated carbocycles. The average molecular weight is 277 g/mol. The van der Waals surface area contributed by atoms with E-state index >= 15 is 0 Å². The van der Waals surface area contributed by atoms with Crippen LogP contribution in [-0.2, 0) is 0 Å². The number of hydrogen-bond donors (Lipinski definition) is 1. The molecular formula is C15H13ClO3. The molecule has 1 N–H and O–H groups in total. The van der Waals surface area contributed by atoms with E-state index in [1.165, 1.54) is 6.07 Å². The maximum absolute atomic E-state index is 11.1. The Balaban J connectivity index is 2.39. The molecule has 0 amide bonds. The van der Waals surface area contributed by atoms with Crippen molar-refractivity contribution in [2.24, 2.45) is 0 Å². The zero-order valence-corrected chi connectivity index (χ0v) is 11.4. The number of benzene rings is 2. The van der Waals surface area contributed by atoms with E-state index in [0.717, 1.165) is 11.1 Å². The Bertz CT molecular complexity index is 635. The van der Waals surface area contributed by atoms with Gasteiger partial charge in [-0.1, -0.05) is 17.7 Å². The second kappa shape index (κ2) is 5.33. The zero-order valence-electron chi connectivity index (χ0n) is 10.6. The Morgan fingerprint density at radius 1 is 1.16 bits per heavy atom. The molecule has 98 valence electrons. The molecule has 0 atom stereocenters. The van der Waals surface area contributed by atoms with Gasteiger partial charge < -0.3 is 9.84 Å². The summed E-state index contributed by atoms with van der Waals surface area (Å²) in [5.74, 6) is -0.120. The summed E-state index contributed by atoms with van der Waals surface area (Å²) in [7, 11) is 0. The number of rotatable bonds is 3. The van der Waals surface area contributed by atoms with Crippen LogP contribution < -0.4 is 4.74 Å². The molecule has 19 heavy (non-hydrogen) atoms. The van der Waals surface area contributed by atoms with Crippen LogP contribution in [0.25, 0.3) is 0 Å². The average Bonchev–Trinajstić information content (AvgIpc) is 2.33. The monoisotopic (exact) mass is 276 g/mol. The lowest BCUT2D eigenvalue weighted by atomic mass is 10.1. The molecule has 3 nitrogen and oxygen atoms in total. The Morgan fingerprint density at radius 3 is 2.53 bits per heavy atom. The fourth-order valence-corrected chi connectivity index (χ4v) is 1.82. The van der Waals surface area contributed by atoms with Crippen molar-refractivity contribution in [2.75, 3.05) is 0 Å². The summed E-state index contributed by atoms with van der Waals surface area (Å²) in [6.45, 7) is 3.75. The van der Waals surface area contributed by atoms with Crippen LogP contribution in [0.2, 0.25) is 5.02 Å². The summed E-state index contributed by atoms with van der Waals surface area (Å²) in [5, 5.41) is 9.78. The first-order chi connectivity index (χ1) is 8.97. The van der Waals surface area contributed by atoms with Crippen LogP contribution in [0.15, 0.2) is 36.4 Å². The molecule has 2 aromatic rings. The fourth-order valence-electron chi connectivity index (χ4n) is 1.70. The van der Waals surface area contributed by atoms with Crippen molar-refractivity contribution in [3.8, 4) is 11.5 Å². The van der Waals surface area contributed by atoms with Crippen molar-refractivity contribution in [2.45, 2.75) is 13.8 Å². The molecule has 0 fully saturated rings. The molecule has 0 aliphatic heterocycles. The number of ether oxygens (including phenoxy) is 1. The lowest BCUT2D eigenvalue weighted by Crippen LogP contribution is -2.00. The molecule has 0 aliphatic carbocycles. The summed E-state index contributed by atoms with van der Waals surface area (Å²) in [6, 6.07) is 10.2. The fraction of sp³-hybridized carbons (Fsp3) is 0.133. The van der Waals surface area contributed by atoms with E-state index in [1.807, 2.05) is 13.8 Å². The molecular weight excluding hydrogens is 264 g/mol. The molecule has 0 saturated heterocycles. The maximum Gasteiger partial charge on any atom is 0.339 e. The Morgan fingerprint density at radius 2 is 1.89 bits per heavy atom. The normalized spacial score (nSPS) is 10.3. The first kappa shape index (κ1) is 13.4. The maximum atomic E-state index is 11.1. The summed E-state index contributed by atoms with van der Waals surface area (Å²) in [6.07, 6.45) is 0. The van der Waals surface area contributed by atoms with Gasteiger partial charge in [0, 0.05) is 5.02 Å². The van der Waals surface area contributed by atoms with Gasteiger partial charge in [-0.15, -0.1) is 0 Å². The molecule has 2 aromatic carbocycles. The summed E-state index contributed by atoms with van der Waals surface area (Å²) in [4.78, 5) is 11.1. The van der Waals surface area contributed by atoms with Crippen molar-refractivity contribution in [3.05, 3.63) is 58.1 Å². The number of halogens is 1. The lowest BCUT2D eigenvalue weighted by molar-refractivity contribution is 0.0694. The van der Waals surface area contributed by atoms with E-state index in [1.54, 1.807) is 30.3 Å². The van der Waals surface area contributed by atoms with Crippen LogP contribution in [0, 0.1) is 13.8 Å². The standard InChI is InChI=1S/C15H13ClO3/c1-9-3-5-12(15(17)18)14(7-9)19-11-4-6-13(16)10(2)8-11/h3-8H,1-2H3,(H,17,18). The molecule has 4 heteroatoms. The quantitative estimate of drug-likeness (QED) is 0.901. The van der Waals surface area contributed by atoms with E-state index in [2.05, 4.69) is 0 Å². The predicted molar refractivity (Wildman–Crippen MR) is 74.4 cm³/mol. The Hall–Kier alpha value is -2.00. The second-order valence-electron chi connectivity index (χ2n) is 4.32. The van der Waals surface area contributed by atoms with E-state index in [4.69, 9.17) is 21.4 Å². The SMILES string of the molecule is Cc1ccc(C(=O)O)c(Oc2ccc(Cl)c(C)c2)c1. The third kappa shape index (κ3) is 3.06. The first-order valence-corrected chi connectivity index (χ1v) is 6.13. The predicted octanol–water partition coefficient (Wildman–Crippen LogP) is 4.45. The number of carbonyl (C=O) groups is 1. The van der Waals surface area contributed by atoms with Gasteiger partial charge in [-0.25, -0.2) is 4.79 Å². The van der Waals surface area contributed by atoms with Gasteiger partial charge in [0.2, 0.25) is 0 Å². The van der Waals surface area contributed by atoms with Crippen LogP contribution in [0.4, 0.5) is 0 Å². The van der Waals surface area contributed by atoms with E-state index < -0.39 is 5.97 Å². The Labute approximate surface area is 116 Å². The van der Waals surface area contributed by atoms with Gasteiger partial charge in [0.05, 0.1) is 0 Å². The van der Waals surface area contributed by atoms with Crippen molar-refractivity contribution in [1.29, 1.82) is 0 Å². The van der Waals surface area contributed by atoms with E-state index in [-0.39, 0.29) is 5.56 Å². The number of aromatic carboxylic acids is 1. The number of carboxylic acids is 1. The van der Waals surface area contributed by atoms with Crippen molar-refractivity contribution in [3.63, 3.8) is 0 Å². The highest BCUT2D eigenvalue weighted by Crippen LogP contribution is 2.29. The molecule has 0 aromatic heterocycles. The highest BCUT2D eigenvalue weighted by atomic mass is 35.5. The van der Waals surface area contributed by atoms with Crippen LogP contribution in [0.3, 0.4) is 0 Å². The Kier molecular flexibility index (Phi) is 3.76. The molecule has 0 aliphatic rings. The van der Waals surface area contributed by atoms with Crippen LogP contribution >= 0.6 is 11.6 Å². The molecule has 0 spiro atoms. The van der Waals surface area contributed by atoms with Crippen molar-refractivity contribution < 1.29 is 14.6 Å². The van der Waals surface area contributed by atoms with Gasteiger partial charge in [0.15, 0.2) is 0 Å². The van der Waals surface area contributed by atoms with Gasteiger partial charge in [-0.05, 0) is 55.3 Å². The van der Waals surface area contributed by atoms with Gasteiger partial charge >= 0.3 is 5.97 Å². The number of hydrogen-bond acceptors (Lipinski definition) is 2. The number of aryl methyl sites for hydroxylation is 2. The largest absolute Gasteiger partial charge is 0.478 e. The summed E-state index contributed by atoms with van der Waals surface area (Å²) >= 11 is 5.94. The van der Waals surface area contributed by atoms with Gasteiger partial charge in [0.25, 0.3) is 0 Å². The highest BCUT2D eigenvalue weighted by Gasteiger charge is 2.12. The van der Waals surface area contributed by atoms with Crippen LogP contribution in [-0.4, -0.2) is 11.1 Å². The summed E-state index contributed by atoms with van der Waals surface area (Å²) in [5.41, 5.74) is 1.95.